The van der Waals surface area contributed by atoms with Gasteiger partial charge in [-0.05, 0) is 43.6 Å². The van der Waals surface area contributed by atoms with Gasteiger partial charge in [0.1, 0.15) is 17.9 Å². The van der Waals surface area contributed by atoms with Crippen molar-refractivity contribution in [3.05, 3.63) is 42.0 Å². The topological polar surface area (TPSA) is 79.6 Å². The van der Waals surface area contributed by atoms with Gasteiger partial charge in [0.15, 0.2) is 5.96 Å². The van der Waals surface area contributed by atoms with Crippen LogP contribution in [0.25, 0.3) is 0 Å². The molecule has 0 spiro atoms. The van der Waals surface area contributed by atoms with E-state index in [1.165, 1.54) is 24.8 Å². The molecule has 1 fully saturated rings. The zero-order valence-corrected chi connectivity index (χ0v) is 17.1. The van der Waals surface area contributed by atoms with Gasteiger partial charge in [-0.1, -0.05) is 18.6 Å². The highest BCUT2D eigenvalue weighted by Gasteiger charge is 2.22. The summed E-state index contributed by atoms with van der Waals surface area (Å²) in [6, 6.07) is 8.69. The van der Waals surface area contributed by atoms with Crippen molar-refractivity contribution in [2.24, 2.45) is 12.0 Å². The molecule has 1 aliphatic heterocycles. The van der Waals surface area contributed by atoms with E-state index in [0.717, 1.165) is 37.2 Å². The quantitative estimate of drug-likeness (QED) is 0.558. The molecule has 152 valence electrons. The third-order valence-corrected chi connectivity index (χ3v) is 5.24. The maximum absolute atomic E-state index is 5.32. The van der Waals surface area contributed by atoms with Crippen LogP contribution in [0.2, 0.25) is 0 Å². The van der Waals surface area contributed by atoms with Crippen LogP contribution in [0.4, 0.5) is 0 Å². The molecule has 1 unspecified atom stereocenters. The second kappa shape index (κ2) is 10.1. The highest BCUT2D eigenvalue weighted by molar-refractivity contribution is 5.79. The lowest BCUT2D eigenvalue weighted by atomic mass is 10.0. The van der Waals surface area contributed by atoms with Gasteiger partial charge in [0.25, 0.3) is 0 Å². The number of hydrogen-bond donors (Lipinski definition) is 2. The molecule has 2 N–H and O–H groups in total. The predicted molar refractivity (Wildman–Crippen MR) is 110 cm³/mol. The van der Waals surface area contributed by atoms with Gasteiger partial charge < -0.3 is 15.4 Å². The summed E-state index contributed by atoms with van der Waals surface area (Å²) in [5.41, 5.74) is 1.29. The summed E-state index contributed by atoms with van der Waals surface area (Å²) in [6.45, 7) is 3.62. The Morgan fingerprint density at radius 2 is 1.93 bits per heavy atom. The number of nitrogens with one attached hydrogen (secondary N) is 2. The van der Waals surface area contributed by atoms with Crippen LogP contribution >= 0.6 is 0 Å². The molecule has 8 heteroatoms. The fourth-order valence-corrected chi connectivity index (χ4v) is 3.57. The summed E-state index contributed by atoms with van der Waals surface area (Å²) in [7, 11) is 5.37. The molecule has 0 saturated carbocycles. The number of guanidine groups is 1. The molecule has 1 saturated heterocycles. The highest BCUT2D eigenvalue weighted by atomic mass is 16.5. The third kappa shape index (κ3) is 5.22. The van der Waals surface area contributed by atoms with Crippen molar-refractivity contribution in [2.75, 3.05) is 33.8 Å². The van der Waals surface area contributed by atoms with Crippen LogP contribution in [-0.2, 0) is 13.6 Å². The van der Waals surface area contributed by atoms with Crippen molar-refractivity contribution in [3.63, 3.8) is 0 Å². The number of nitrogens with zero attached hydrogens (tertiary/aromatic N) is 5. The molecular formula is C20H31N7O. The van der Waals surface area contributed by atoms with Gasteiger partial charge in [-0.3, -0.25) is 14.6 Å². The summed E-state index contributed by atoms with van der Waals surface area (Å²) >= 11 is 0. The lowest BCUT2D eigenvalue weighted by Crippen LogP contribution is -2.44. The number of aromatic nitrogens is 3. The maximum Gasteiger partial charge on any atom is 0.191 e. The number of aliphatic imine (C=N–C) groups is 1. The normalized spacial score (nSPS) is 16.6. The van der Waals surface area contributed by atoms with Crippen LogP contribution in [0.3, 0.4) is 0 Å². The van der Waals surface area contributed by atoms with Gasteiger partial charge >= 0.3 is 0 Å². The minimum absolute atomic E-state index is 0.291. The van der Waals surface area contributed by atoms with Crippen LogP contribution in [0.5, 0.6) is 5.75 Å². The van der Waals surface area contributed by atoms with E-state index in [1.54, 1.807) is 25.2 Å². The average molecular weight is 386 g/mol. The summed E-state index contributed by atoms with van der Waals surface area (Å²) in [4.78, 5) is 11.2. The second-order valence-corrected chi connectivity index (χ2v) is 6.99. The van der Waals surface area contributed by atoms with Crippen LogP contribution < -0.4 is 15.4 Å². The highest BCUT2D eigenvalue weighted by Crippen LogP contribution is 2.25. The Bertz CT molecular complexity index is 750. The van der Waals surface area contributed by atoms with E-state index in [0.29, 0.717) is 12.6 Å². The molecule has 3 rings (SSSR count). The molecule has 28 heavy (non-hydrogen) atoms. The Labute approximate surface area is 167 Å². The monoisotopic (exact) mass is 385 g/mol. The van der Waals surface area contributed by atoms with Crippen molar-refractivity contribution >= 4 is 5.96 Å². The van der Waals surface area contributed by atoms with Gasteiger partial charge in [0, 0.05) is 20.6 Å². The van der Waals surface area contributed by atoms with Crippen molar-refractivity contribution in [1.82, 2.24) is 30.3 Å². The first-order chi connectivity index (χ1) is 13.7. The first-order valence-electron chi connectivity index (χ1n) is 9.86. The number of likely N-dealkylation sites (tertiary alicyclic amines) is 1. The van der Waals surface area contributed by atoms with Gasteiger partial charge in [0.05, 0.1) is 19.7 Å². The zero-order valence-electron chi connectivity index (χ0n) is 17.1. The smallest absolute Gasteiger partial charge is 0.191 e. The van der Waals surface area contributed by atoms with E-state index in [4.69, 9.17) is 4.74 Å². The average Bonchev–Trinajstić information content (AvgIpc) is 3.16. The Hall–Kier alpha value is -2.61. The van der Waals surface area contributed by atoms with Crippen molar-refractivity contribution in [3.8, 4) is 5.75 Å². The Morgan fingerprint density at radius 3 is 2.54 bits per heavy atom. The molecular weight excluding hydrogens is 354 g/mol. The van der Waals surface area contributed by atoms with E-state index in [1.807, 2.05) is 19.2 Å². The van der Waals surface area contributed by atoms with Gasteiger partial charge in [-0.2, -0.15) is 5.10 Å². The lowest BCUT2D eigenvalue weighted by molar-refractivity contribution is 0.164. The Balaban J connectivity index is 1.64. The number of hydrogen-bond acceptors (Lipinski definition) is 5. The Morgan fingerprint density at radius 1 is 1.18 bits per heavy atom. The van der Waals surface area contributed by atoms with Crippen LogP contribution in [0, 0.1) is 0 Å². The Kier molecular flexibility index (Phi) is 7.25. The standard InChI is InChI=1S/C20H31N7O/c1-21-20(23-14-19-24-15-25-26(19)2)22-13-18(27-11-5-4-6-12-27)16-7-9-17(28-3)10-8-16/h7-10,15,18H,4-6,11-14H2,1-3H3,(H2,21,22,23). The maximum atomic E-state index is 5.32. The molecule has 2 aromatic rings. The van der Waals surface area contributed by atoms with E-state index in [-0.39, 0.29) is 0 Å². The largest absolute Gasteiger partial charge is 0.497 e. The molecule has 0 amide bonds. The summed E-state index contributed by atoms with van der Waals surface area (Å²) in [5.74, 6) is 2.51. The molecule has 0 aliphatic carbocycles. The molecule has 2 heterocycles. The number of benzene rings is 1. The van der Waals surface area contributed by atoms with E-state index in [2.05, 4.69) is 42.7 Å². The first-order valence-corrected chi connectivity index (χ1v) is 9.86. The molecule has 1 atom stereocenters. The fraction of sp³-hybridized carbons (Fsp3) is 0.550. The third-order valence-electron chi connectivity index (χ3n) is 5.24. The van der Waals surface area contributed by atoms with E-state index < -0.39 is 0 Å². The predicted octanol–water partition coefficient (Wildman–Crippen LogP) is 1.72. The number of piperidine rings is 1. The van der Waals surface area contributed by atoms with Gasteiger partial charge in [0.2, 0.25) is 0 Å². The van der Waals surface area contributed by atoms with Crippen molar-refractivity contribution in [1.29, 1.82) is 0 Å². The van der Waals surface area contributed by atoms with Crippen molar-refractivity contribution < 1.29 is 4.74 Å². The summed E-state index contributed by atoms with van der Waals surface area (Å²) < 4.78 is 7.07. The van der Waals surface area contributed by atoms with Crippen LogP contribution in [0.15, 0.2) is 35.6 Å². The number of rotatable bonds is 7. The van der Waals surface area contributed by atoms with Gasteiger partial charge in [-0.25, -0.2) is 4.98 Å². The minimum atomic E-state index is 0.291. The zero-order chi connectivity index (χ0) is 19.8. The fourth-order valence-electron chi connectivity index (χ4n) is 3.57. The van der Waals surface area contributed by atoms with Crippen molar-refractivity contribution in [2.45, 2.75) is 31.8 Å². The number of methoxy groups -OCH3 is 1. The molecule has 8 nitrogen and oxygen atoms in total. The number of aryl methyl sites for hydroxylation is 1. The lowest BCUT2D eigenvalue weighted by Gasteiger charge is -2.35. The SMILES string of the molecule is CN=C(NCc1ncnn1C)NCC(c1ccc(OC)cc1)N1CCCCC1. The first kappa shape index (κ1) is 20.1. The molecule has 0 radical (unpaired) electrons. The van der Waals surface area contributed by atoms with Gasteiger partial charge in [-0.15, -0.1) is 0 Å². The second-order valence-electron chi connectivity index (χ2n) is 6.99. The molecule has 1 aromatic heterocycles. The summed E-state index contributed by atoms with van der Waals surface area (Å²) in [6.07, 6.45) is 5.39. The number of ether oxygens (including phenoxy) is 1. The van der Waals surface area contributed by atoms with E-state index >= 15 is 0 Å². The molecule has 1 aromatic carbocycles. The van der Waals surface area contributed by atoms with E-state index in [9.17, 15) is 0 Å². The molecule has 0 bridgehead atoms. The molecule has 1 aliphatic rings. The minimum Gasteiger partial charge on any atom is -0.497 e. The summed E-state index contributed by atoms with van der Waals surface area (Å²) in [5, 5.41) is 10.9. The van der Waals surface area contributed by atoms with Crippen LogP contribution in [-0.4, -0.2) is 59.4 Å². The van der Waals surface area contributed by atoms with Crippen LogP contribution in [0.1, 0.15) is 36.7 Å².